The van der Waals surface area contributed by atoms with E-state index in [1.807, 2.05) is 36.4 Å². The Morgan fingerprint density at radius 3 is 2.09 bits per heavy atom. The van der Waals surface area contributed by atoms with Crippen LogP contribution in [0.5, 0.6) is 0 Å². The number of nitrogens with one attached hydrogen (secondary N) is 1. The zero-order valence-corrected chi connectivity index (χ0v) is 19.2. The highest BCUT2D eigenvalue weighted by molar-refractivity contribution is 7.99. The first-order chi connectivity index (χ1) is 15.3. The third-order valence-electron chi connectivity index (χ3n) is 4.51. The fourth-order valence-corrected chi connectivity index (χ4v) is 4.30. The zero-order valence-electron chi connectivity index (χ0n) is 16.1. The van der Waals surface area contributed by atoms with Crippen molar-refractivity contribution in [2.45, 2.75) is 9.79 Å². The van der Waals surface area contributed by atoms with Crippen LogP contribution in [-0.4, -0.2) is 17.8 Å². The number of urea groups is 1. The van der Waals surface area contributed by atoms with Gasteiger partial charge in [-0.15, -0.1) is 0 Å². The van der Waals surface area contributed by atoms with Crippen molar-refractivity contribution in [1.82, 2.24) is 5.32 Å². The molecule has 0 radical (unpaired) electrons. The van der Waals surface area contributed by atoms with E-state index in [9.17, 15) is 14.4 Å². The molecule has 4 amide bonds. The Balaban J connectivity index is 1.60. The second kappa shape index (κ2) is 9.38. The van der Waals surface area contributed by atoms with Gasteiger partial charge in [-0.05, 0) is 60.2 Å². The summed E-state index contributed by atoms with van der Waals surface area (Å²) >= 11 is 19.6. The van der Waals surface area contributed by atoms with Crippen LogP contribution in [0.1, 0.15) is 5.56 Å². The first kappa shape index (κ1) is 22.4. The molecule has 1 aliphatic heterocycles. The smallest absolute Gasteiger partial charge is 0.273 e. The van der Waals surface area contributed by atoms with Gasteiger partial charge in [0.15, 0.2) is 0 Å². The molecule has 0 aliphatic carbocycles. The normalized spacial score (nSPS) is 15.3. The molecule has 0 spiro atoms. The molecule has 0 saturated carbocycles. The molecular weight excluding hydrogens is 491 g/mol. The van der Waals surface area contributed by atoms with Crippen LogP contribution in [0.3, 0.4) is 0 Å². The predicted octanol–water partition coefficient (Wildman–Crippen LogP) is 6.46. The number of hydrogen-bond donors (Lipinski definition) is 1. The summed E-state index contributed by atoms with van der Waals surface area (Å²) in [4.78, 5) is 40.5. The maximum absolute atomic E-state index is 13.0. The molecule has 32 heavy (non-hydrogen) atoms. The SMILES string of the molecule is O=C1NC(=O)N(c2cccc(Cl)c2Cl)C(=O)/C1=C/c1ccc(Sc2ccc(Cl)cc2)cc1. The molecule has 3 aromatic rings. The number of amides is 4. The van der Waals surface area contributed by atoms with Crippen molar-refractivity contribution in [3.05, 3.63) is 92.9 Å². The highest BCUT2D eigenvalue weighted by Gasteiger charge is 2.37. The zero-order chi connectivity index (χ0) is 22.8. The summed E-state index contributed by atoms with van der Waals surface area (Å²) in [6, 6.07) is 18.4. The molecule has 1 fully saturated rings. The lowest BCUT2D eigenvalue weighted by Crippen LogP contribution is -2.54. The maximum Gasteiger partial charge on any atom is 0.336 e. The van der Waals surface area contributed by atoms with Crippen molar-refractivity contribution in [1.29, 1.82) is 0 Å². The van der Waals surface area contributed by atoms with Crippen molar-refractivity contribution < 1.29 is 14.4 Å². The number of hydrogen-bond acceptors (Lipinski definition) is 4. The summed E-state index contributed by atoms with van der Waals surface area (Å²) in [5, 5.41) is 3.05. The Morgan fingerprint density at radius 1 is 0.812 bits per heavy atom. The van der Waals surface area contributed by atoms with Gasteiger partial charge in [0.25, 0.3) is 11.8 Å². The van der Waals surface area contributed by atoms with Crippen LogP contribution in [-0.2, 0) is 9.59 Å². The summed E-state index contributed by atoms with van der Waals surface area (Å²) in [7, 11) is 0. The van der Waals surface area contributed by atoms with E-state index in [1.54, 1.807) is 30.0 Å². The molecule has 0 unspecified atom stereocenters. The fraction of sp³-hybridized carbons (Fsp3) is 0. The molecule has 0 atom stereocenters. The standard InChI is InChI=1S/C23H13Cl3N2O3S/c24-14-6-10-16(11-7-14)32-15-8-4-13(5-9-15)12-17-21(29)27-23(31)28(22(17)30)19-3-1-2-18(25)20(19)26/h1-12H,(H,27,29,31)/b17-12+. The largest absolute Gasteiger partial charge is 0.336 e. The molecule has 9 heteroatoms. The third-order valence-corrected chi connectivity index (χ3v) is 6.59. The summed E-state index contributed by atoms with van der Waals surface area (Å²) < 4.78 is 0. The lowest BCUT2D eigenvalue weighted by molar-refractivity contribution is -0.122. The molecule has 0 aromatic heterocycles. The average Bonchev–Trinajstić information content (AvgIpc) is 2.77. The molecule has 4 rings (SSSR count). The van der Waals surface area contributed by atoms with Crippen LogP contribution in [0.15, 0.2) is 82.1 Å². The quantitative estimate of drug-likeness (QED) is 0.327. The molecule has 1 aliphatic rings. The van der Waals surface area contributed by atoms with Gasteiger partial charge in [0.05, 0.1) is 15.7 Å². The van der Waals surface area contributed by atoms with E-state index in [-0.39, 0.29) is 21.3 Å². The van der Waals surface area contributed by atoms with Crippen molar-refractivity contribution in [2.75, 3.05) is 4.90 Å². The predicted molar refractivity (Wildman–Crippen MR) is 127 cm³/mol. The fourth-order valence-electron chi connectivity index (χ4n) is 2.98. The summed E-state index contributed by atoms with van der Waals surface area (Å²) in [5.41, 5.74) is 0.518. The van der Waals surface area contributed by atoms with Crippen LogP contribution < -0.4 is 10.2 Å². The molecule has 160 valence electrons. The third kappa shape index (κ3) is 4.69. The Morgan fingerprint density at radius 2 is 1.44 bits per heavy atom. The van der Waals surface area contributed by atoms with Gasteiger partial charge < -0.3 is 0 Å². The van der Waals surface area contributed by atoms with E-state index in [0.29, 0.717) is 10.6 Å². The van der Waals surface area contributed by atoms with Crippen LogP contribution >= 0.6 is 46.6 Å². The van der Waals surface area contributed by atoms with Gasteiger partial charge in [-0.2, -0.15) is 0 Å². The number of imide groups is 2. The number of barbiturate groups is 1. The first-order valence-electron chi connectivity index (χ1n) is 9.22. The molecule has 0 bridgehead atoms. The van der Waals surface area contributed by atoms with Crippen LogP contribution in [0.2, 0.25) is 15.1 Å². The molecule has 5 nitrogen and oxygen atoms in total. The van der Waals surface area contributed by atoms with Crippen molar-refractivity contribution >= 4 is 76.2 Å². The highest BCUT2D eigenvalue weighted by Crippen LogP contribution is 2.34. The minimum atomic E-state index is -0.893. The van der Waals surface area contributed by atoms with Gasteiger partial charge in [0, 0.05) is 14.8 Å². The van der Waals surface area contributed by atoms with E-state index in [4.69, 9.17) is 34.8 Å². The van der Waals surface area contributed by atoms with Gasteiger partial charge in [0.2, 0.25) is 0 Å². The molecule has 1 N–H and O–H groups in total. The topological polar surface area (TPSA) is 66.5 Å². The molecular formula is C23H13Cl3N2O3S. The number of nitrogens with zero attached hydrogens (tertiary/aromatic N) is 1. The Labute approximate surface area is 203 Å². The lowest BCUT2D eigenvalue weighted by atomic mass is 10.1. The minimum Gasteiger partial charge on any atom is -0.273 e. The van der Waals surface area contributed by atoms with Crippen LogP contribution in [0.25, 0.3) is 6.08 Å². The van der Waals surface area contributed by atoms with E-state index in [1.165, 1.54) is 18.2 Å². The second-order valence-electron chi connectivity index (χ2n) is 6.66. The Kier molecular flexibility index (Phi) is 6.58. The van der Waals surface area contributed by atoms with Gasteiger partial charge in [-0.25, -0.2) is 9.69 Å². The van der Waals surface area contributed by atoms with Gasteiger partial charge >= 0.3 is 6.03 Å². The molecule has 1 heterocycles. The number of benzene rings is 3. The van der Waals surface area contributed by atoms with E-state index in [0.717, 1.165) is 14.7 Å². The summed E-state index contributed by atoms with van der Waals surface area (Å²) in [5.74, 6) is -1.57. The highest BCUT2D eigenvalue weighted by atomic mass is 35.5. The second-order valence-corrected chi connectivity index (χ2v) is 9.02. The molecule has 1 saturated heterocycles. The first-order valence-corrected chi connectivity index (χ1v) is 11.2. The van der Waals surface area contributed by atoms with Crippen LogP contribution in [0, 0.1) is 0 Å². The van der Waals surface area contributed by atoms with Crippen molar-refractivity contribution in [3.63, 3.8) is 0 Å². The maximum atomic E-state index is 13.0. The molecule has 3 aromatic carbocycles. The van der Waals surface area contributed by atoms with Crippen LogP contribution in [0.4, 0.5) is 10.5 Å². The van der Waals surface area contributed by atoms with Crippen molar-refractivity contribution in [2.24, 2.45) is 0 Å². The number of carbonyl (C=O) groups excluding carboxylic acids is 3. The minimum absolute atomic E-state index is 0.0370. The van der Waals surface area contributed by atoms with Gasteiger partial charge in [0.1, 0.15) is 5.57 Å². The number of rotatable bonds is 4. The van der Waals surface area contributed by atoms with E-state index < -0.39 is 17.8 Å². The Hall–Kier alpha value is -2.77. The number of carbonyl (C=O) groups is 3. The monoisotopic (exact) mass is 502 g/mol. The average molecular weight is 504 g/mol. The number of halogens is 3. The number of anilines is 1. The van der Waals surface area contributed by atoms with Crippen molar-refractivity contribution in [3.8, 4) is 0 Å². The van der Waals surface area contributed by atoms with Gasteiger partial charge in [-0.1, -0.05) is 64.8 Å². The van der Waals surface area contributed by atoms with E-state index in [2.05, 4.69) is 5.32 Å². The van der Waals surface area contributed by atoms with E-state index >= 15 is 0 Å². The van der Waals surface area contributed by atoms with Gasteiger partial charge in [-0.3, -0.25) is 14.9 Å². The lowest BCUT2D eigenvalue weighted by Gasteiger charge is -2.27. The summed E-state index contributed by atoms with van der Waals surface area (Å²) in [6.07, 6.45) is 1.42. The summed E-state index contributed by atoms with van der Waals surface area (Å²) in [6.45, 7) is 0. The Bertz CT molecular complexity index is 1260.